The summed E-state index contributed by atoms with van der Waals surface area (Å²) in [7, 11) is 0. The van der Waals surface area contributed by atoms with Crippen LogP contribution in [-0.4, -0.2) is 35.4 Å². The van der Waals surface area contributed by atoms with Crippen LogP contribution in [0.2, 0.25) is 0 Å². The first kappa shape index (κ1) is 22.8. The Balaban J connectivity index is 1.80. The molecule has 32 heavy (non-hydrogen) atoms. The summed E-state index contributed by atoms with van der Waals surface area (Å²) in [6.45, 7) is 6.98. The lowest BCUT2D eigenvalue weighted by molar-refractivity contribution is 0.0524. The second-order valence-corrected chi connectivity index (χ2v) is 7.29. The molecular formula is C25H26N2O5. The Morgan fingerprint density at radius 3 is 2.34 bits per heavy atom. The molecule has 1 unspecified atom stereocenters. The normalized spacial score (nSPS) is 11.5. The maximum atomic E-state index is 13.1. The van der Waals surface area contributed by atoms with E-state index in [2.05, 4.69) is 10.3 Å². The average Bonchev–Trinajstić information content (AvgIpc) is 3.08. The number of H-pyrrole nitrogens is 1. The number of anilines is 1. The number of aromatic amines is 1. The van der Waals surface area contributed by atoms with Crippen LogP contribution in [-0.2, 0) is 4.74 Å². The lowest BCUT2D eigenvalue weighted by Gasteiger charge is -2.16. The van der Waals surface area contributed by atoms with E-state index in [4.69, 9.17) is 9.47 Å². The van der Waals surface area contributed by atoms with E-state index in [0.717, 1.165) is 0 Å². The number of ketones is 1. The number of para-hydroxylation sites is 2. The molecule has 166 valence electrons. The molecular weight excluding hydrogens is 408 g/mol. The van der Waals surface area contributed by atoms with E-state index in [0.29, 0.717) is 28.1 Å². The van der Waals surface area contributed by atoms with Crippen LogP contribution < -0.4 is 10.1 Å². The molecule has 1 aromatic heterocycles. The number of benzene rings is 2. The SMILES string of the molecule is CCOC(=O)c1c(C)[nH]c(C(=O)C(C)Oc2ccccc2C(=O)Nc2ccccc2)c1C. The molecule has 0 spiro atoms. The molecule has 0 aliphatic heterocycles. The molecule has 3 aromatic rings. The van der Waals surface area contributed by atoms with Crippen LogP contribution in [0.4, 0.5) is 5.69 Å². The lowest BCUT2D eigenvalue weighted by Crippen LogP contribution is -2.26. The molecule has 0 bridgehead atoms. The zero-order valence-electron chi connectivity index (χ0n) is 18.5. The Bertz CT molecular complexity index is 1130. The summed E-state index contributed by atoms with van der Waals surface area (Å²) in [5, 5.41) is 2.82. The third-order valence-electron chi connectivity index (χ3n) is 5.00. The van der Waals surface area contributed by atoms with Crippen molar-refractivity contribution in [2.75, 3.05) is 11.9 Å². The van der Waals surface area contributed by atoms with E-state index in [1.165, 1.54) is 0 Å². The first-order chi connectivity index (χ1) is 15.3. The van der Waals surface area contributed by atoms with Crippen molar-refractivity contribution >= 4 is 23.3 Å². The van der Waals surface area contributed by atoms with Gasteiger partial charge in [0.1, 0.15) is 5.75 Å². The highest BCUT2D eigenvalue weighted by Crippen LogP contribution is 2.24. The predicted molar refractivity (Wildman–Crippen MR) is 121 cm³/mol. The van der Waals surface area contributed by atoms with Crippen LogP contribution in [0.3, 0.4) is 0 Å². The number of carbonyl (C=O) groups excluding carboxylic acids is 3. The monoisotopic (exact) mass is 434 g/mol. The van der Waals surface area contributed by atoms with Gasteiger partial charge in [-0.2, -0.15) is 0 Å². The minimum Gasteiger partial charge on any atom is -0.482 e. The Morgan fingerprint density at radius 1 is 1.00 bits per heavy atom. The maximum absolute atomic E-state index is 13.1. The highest BCUT2D eigenvalue weighted by molar-refractivity contribution is 6.07. The van der Waals surface area contributed by atoms with Crippen LogP contribution in [0.15, 0.2) is 54.6 Å². The van der Waals surface area contributed by atoms with Gasteiger partial charge in [-0.25, -0.2) is 4.79 Å². The van der Waals surface area contributed by atoms with Gasteiger partial charge in [0.2, 0.25) is 5.78 Å². The van der Waals surface area contributed by atoms with Crippen molar-refractivity contribution in [1.82, 2.24) is 4.98 Å². The molecule has 2 N–H and O–H groups in total. The van der Waals surface area contributed by atoms with Gasteiger partial charge in [0.05, 0.1) is 23.4 Å². The average molecular weight is 434 g/mol. The van der Waals surface area contributed by atoms with Gasteiger partial charge < -0.3 is 19.8 Å². The minimum atomic E-state index is -0.896. The number of hydrogen-bond donors (Lipinski definition) is 2. The van der Waals surface area contributed by atoms with Crippen LogP contribution in [0.25, 0.3) is 0 Å². The Kier molecular flexibility index (Phi) is 7.10. The van der Waals surface area contributed by atoms with Crippen molar-refractivity contribution in [1.29, 1.82) is 0 Å². The quantitative estimate of drug-likeness (QED) is 0.395. The number of aryl methyl sites for hydroxylation is 1. The van der Waals surface area contributed by atoms with Gasteiger partial charge in [0, 0.05) is 11.4 Å². The molecule has 0 fully saturated rings. The van der Waals surface area contributed by atoms with Crippen LogP contribution in [0.1, 0.15) is 56.3 Å². The van der Waals surface area contributed by atoms with Gasteiger partial charge >= 0.3 is 5.97 Å². The van der Waals surface area contributed by atoms with E-state index in [-0.39, 0.29) is 29.7 Å². The third-order valence-corrected chi connectivity index (χ3v) is 5.00. The number of rotatable bonds is 8. The topological polar surface area (TPSA) is 97.5 Å². The van der Waals surface area contributed by atoms with E-state index in [1.54, 1.807) is 64.1 Å². The summed E-state index contributed by atoms with van der Waals surface area (Å²) in [6.07, 6.45) is -0.896. The molecule has 1 amide bonds. The molecule has 1 atom stereocenters. The summed E-state index contributed by atoms with van der Waals surface area (Å²) >= 11 is 0. The maximum Gasteiger partial charge on any atom is 0.340 e. The summed E-state index contributed by atoms with van der Waals surface area (Å²) < 4.78 is 11.0. The summed E-state index contributed by atoms with van der Waals surface area (Å²) in [4.78, 5) is 41.0. The summed E-state index contributed by atoms with van der Waals surface area (Å²) in [6, 6.07) is 15.8. The number of hydrogen-bond acceptors (Lipinski definition) is 5. The van der Waals surface area contributed by atoms with E-state index >= 15 is 0 Å². The van der Waals surface area contributed by atoms with E-state index in [9.17, 15) is 14.4 Å². The van der Waals surface area contributed by atoms with Crippen molar-refractivity contribution in [3.8, 4) is 5.75 Å². The van der Waals surface area contributed by atoms with Gasteiger partial charge in [-0.15, -0.1) is 0 Å². The molecule has 0 saturated heterocycles. The molecule has 3 rings (SSSR count). The number of ether oxygens (including phenoxy) is 2. The molecule has 1 heterocycles. The first-order valence-corrected chi connectivity index (χ1v) is 10.4. The zero-order chi connectivity index (χ0) is 23.3. The third kappa shape index (κ3) is 4.88. The standard InChI is InChI=1S/C25H26N2O5/c1-5-31-25(30)21-15(2)22(26-16(21)3)23(28)17(4)32-20-14-10-9-13-19(20)24(29)27-18-11-7-6-8-12-18/h6-14,17,26H,5H2,1-4H3,(H,27,29). The number of nitrogens with one attached hydrogen (secondary N) is 2. The number of aromatic nitrogens is 1. The summed E-state index contributed by atoms with van der Waals surface area (Å²) in [5.41, 5.74) is 2.66. The van der Waals surface area contributed by atoms with E-state index in [1.807, 2.05) is 18.2 Å². The van der Waals surface area contributed by atoms with Gasteiger partial charge in [-0.05, 0) is 57.5 Å². The number of carbonyl (C=O) groups is 3. The van der Waals surface area contributed by atoms with Gasteiger partial charge in [0.15, 0.2) is 6.10 Å². The number of amides is 1. The molecule has 0 aliphatic rings. The number of esters is 1. The molecule has 0 radical (unpaired) electrons. The highest BCUT2D eigenvalue weighted by atomic mass is 16.5. The molecule has 0 aliphatic carbocycles. The van der Waals surface area contributed by atoms with Crippen molar-refractivity contribution in [3.05, 3.63) is 82.7 Å². The predicted octanol–water partition coefficient (Wildman–Crippen LogP) is 4.71. The minimum absolute atomic E-state index is 0.244. The first-order valence-electron chi connectivity index (χ1n) is 10.4. The van der Waals surface area contributed by atoms with Gasteiger partial charge in [-0.1, -0.05) is 30.3 Å². The molecule has 0 saturated carbocycles. The highest BCUT2D eigenvalue weighted by Gasteiger charge is 2.27. The zero-order valence-corrected chi connectivity index (χ0v) is 18.5. The smallest absolute Gasteiger partial charge is 0.340 e. The largest absolute Gasteiger partial charge is 0.482 e. The van der Waals surface area contributed by atoms with Crippen molar-refractivity contribution in [2.45, 2.75) is 33.8 Å². The Labute approximate surface area is 186 Å². The van der Waals surface area contributed by atoms with Crippen LogP contribution in [0.5, 0.6) is 5.75 Å². The fraction of sp³-hybridized carbons (Fsp3) is 0.240. The second-order valence-electron chi connectivity index (χ2n) is 7.29. The van der Waals surface area contributed by atoms with Crippen molar-refractivity contribution in [3.63, 3.8) is 0 Å². The Morgan fingerprint density at radius 2 is 1.66 bits per heavy atom. The van der Waals surface area contributed by atoms with Crippen LogP contribution >= 0.6 is 0 Å². The lowest BCUT2D eigenvalue weighted by atomic mass is 10.1. The van der Waals surface area contributed by atoms with E-state index < -0.39 is 12.1 Å². The second kappa shape index (κ2) is 9.96. The molecule has 2 aromatic carbocycles. The summed E-state index contributed by atoms with van der Waals surface area (Å²) in [5.74, 6) is -0.870. The fourth-order valence-corrected chi connectivity index (χ4v) is 3.43. The molecule has 7 heteroatoms. The van der Waals surface area contributed by atoms with Crippen LogP contribution in [0, 0.1) is 13.8 Å². The fourth-order valence-electron chi connectivity index (χ4n) is 3.43. The van der Waals surface area contributed by atoms with Gasteiger partial charge in [-0.3, -0.25) is 9.59 Å². The Hall–Kier alpha value is -3.87. The number of Topliss-reactive ketones (excluding diaryl/α,β-unsaturated/α-hetero) is 1. The van der Waals surface area contributed by atoms with Crippen molar-refractivity contribution < 1.29 is 23.9 Å². The van der Waals surface area contributed by atoms with Gasteiger partial charge in [0.25, 0.3) is 5.91 Å². The van der Waals surface area contributed by atoms with Crippen molar-refractivity contribution in [2.24, 2.45) is 0 Å². The molecule has 7 nitrogen and oxygen atoms in total.